The number of aromatic nitrogens is 3. The van der Waals surface area contributed by atoms with E-state index in [2.05, 4.69) is 5.10 Å². The van der Waals surface area contributed by atoms with Crippen LogP contribution in [0.4, 0.5) is 0 Å². The summed E-state index contributed by atoms with van der Waals surface area (Å²) in [5.74, 6) is 0.133. The van der Waals surface area contributed by atoms with Crippen LogP contribution in [-0.2, 0) is 0 Å². The predicted octanol–water partition coefficient (Wildman–Crippen LogP) is 6.66. The Kier molecular flexibility index (Phi) is 4.62. The molecule has 34 heavy (non-hydrogen) atoms. The van der Waals surface area contributed by atoms with Gasteiger partial charge in [0.25, 0.3) is 0 Å². The Balaban J connectivity index is 1.54. The molecule has 0 aliphatic rings. The van der Waals surface area contributed by atoms with Crippen molar-refractivity contribution in [1.82, 2.24) is 14.6 Å². The topological polar surface area (TPSA) is 60.4 Å². The number of ketones is 1. The van der Waals surface area contributed by atoms with Crippen molar-refractivity contribution >= 4 is 22.4 Å². The zero-order valence-corrected chi connectivity index (χ0v) is 18.8. The minimum absolute atomic E-state index is 0.163. The second-order valence-electron chi connectivity index (χ2n) is 8.51. The molecule has 0 radical (unpaired) electrons. The van der Waals surface area contributed by atoms with Crippen LogP contribution in [-0.4, -0.2) is 20.4 Å². The summed E-state index contributed by atoms with van der Waals surface area (Å²) < 4.78 is 7.88. The molecule has 0 aliphatic carbocycles. The maximum atomic E-state index is 13.5. The monoisotopic (exact) mass is 443 g/mol. The van der Waals surface area contributed by atoms with Gasteiger partial charge >= 0.3 is 0 Å². The second kappa shape index (κ2) is 7.81. The van der Waals surface area contributed by atoms with E-state index < -0.39 is 0 Å². The predicted molar refractivity (Wildman–Crippen MR) is 133 cm³/mol. The molecule has 0 saturated heterocycles. The van der Waals surface area contributed by atoms with E-state index >= 15 is 0 Å². The van der Waals surface area contributed by atoms with Crippen molar-refractivity contribution in [1.29, 1.82) is 0 Å². The average molecular weight is 444 g/mol. The quantitative estimate of drug-likeness (QED) is 0.286. The third-order valence-corrected chi connectivity index (χ3v) is 6.01. The van der Waals surface area contributed by atoms with Crippen molar-refractivity contribution in [3.05, 3.63) is 114 Å². The van der Waals surface area contributed by atoms with Crippen molar-refractivity contribution in [2.24, 2.45) is 0 Å². The number of furan rings is 1. The van der Waals surface area contributed by atoms with Gasteiger partial charge in [-0.1, -0.05) is 71.8 Å². The van der Waals surface area contributed by atoms with Gasteiger partial charge in [-0.3, -0.25) is 4.79 Å². The highest BCUT2D eigenvalue weighted by Gasteiger charge is 2.24. The van der Waals surface area contributed by atoms with E-state index in [1.54, 1.807) is 4.52 Å². The summed E-state index contributed by atoms with van der Waals surface area (Å²) in [7, 11) is 0. The summed E-state index contributed by atoms with van der Waals surface area (Å²) >= 11 is 0. The summed E-state index contributed by atoms with van der Waals surface area (Å²) in [6, 6.07) is 27.3. The molecule has 0 N–H and O–H groups in total. The van der Waals surface area contributed by atoms with Crippen LogP contribution >= 0.6 is 0 Å². The third kappa shape index (κ3) is 3.39. The van der Waals surface area contributed by atoms with Gasteiger partial charge in [0.2, 0.25) is 5.78 Å². The largest absolute Gasteiger partial charge is 0.452 e. The number of carbonyl (C=O) groups is 1. The minimum Gasteiger partial charge on any atom is -0.452 e. The number of hydrogen-bond donors (Lipinski definition) is 0. The number of fused-ring (bicyclic) bond motifs is 2. The zero-order chi connectivity index (χ0) is 23.2. The Morgan fingerprint density at radius 3 is 2.38 bits per heavy atom. The van der Waals surface area contributed by atoms with E-state index in [1.807, 2.05) is 105 Å². The number of benzene rings is 3. The molecule has 3 aromatic heterocycles. The number of hydrogen-bond acceptors (Lipinski definition) is 4. The Morgan fingerprint density at radius 2 is 1.59 bits per heavy atom. The van der Waals surface area contributed by atoms with E-state index in [4.69, 9.17) is 9.40 Å². The lowest BCUT2D eigenvalue weighted by Gasteiger charge is -2.04. The summed E-state index contributed by atoms with van der Waals surface area (Å²) in [4.78, 5) is 18.4. The van der Waals surface area contributed by atoms with E-state index in [0.29, 0.717) is 33.8 Å². The number of carbonyl (C=O) groups excluding carboxylic acids is 1. The van der Waals surface area contributed by atoms with E-state index in [9.17, 15) is 4.79 Å². The van der Waals surface area contributed by atoms with Gasteiger partial charge in [-0.25, -0.2) is 9.50 Å². The molecule has 3 heterocycles. The van der Waals surface area contributed by atoms with Crippen LogP contribution < -0.4 is 0 Å². The van der Waals surface area contributed by atoms with Crippen molar-refractivity contribution in [2.75, 3.05) is 0 Å². The molecule has 5 nitrogen and oxygen atoms in total. The molecule has 6 rings (SSSR count). The van der Waals surface area contributed by atoms with Crippen molar-refractivity contribution < 1.29 is 9.21 Å². The van der Waals surface area contributed by atoms with Gasteiger partial charge in [0, 0.05) is 28.8 Å². The van der Waals surface area contributed by atoms with Crippen LogP contribution in [0.15, 0.2) is 95.5 Å². The van der Waals surface area contributed by atoms with Crippen molar-refractivity contribution in [2.45, 2.75) is 13.8 Å². The van der Waals surface area contributed by atoms with Crippen LogP contribution in [0.3, 0.4) is 0 Å². The fraction of sp³-hybridized carbons (Fsp3) is 0.0690. The van der Waals surface area contributed by atoms with E-state index in [-0.39, 0.29) is 5.78 Å². The van der Waals surface area contributed by atoms with Gasteiger partial charge in [-0.05, 0) is 32.0 Å². The Bertz CT molecular complexity index is 1680. The number of aryl methyl sites for hydroxylation is 2. The molecule has 6 aromatic rings. The second-order valence-corrected chi connectivity index (χ2v) is 8.51. The summed E-state index contributed by atoms with van der Waals surface area (Å²) in [5.41, 5.74) is 7.37. The SMILES string of the molecule is Cc1ccc(C(=O)c2oc3ccc(C)cc3c2-c2ccn3nc(-c4ccccc4)cc3n2)cc1. The van der Waals surface area contributed by atoms with Gasteiger partial charge in [0.05, 0.1) is 17.0 Å². The molecule has 164 valence electrons. The lowest BCUT2D eigenvalue weighted by atomic mass is 10.00. The standard InChI is InChI=1S/C29H21N3O2/c1-18-8-11-21(12-9-18)28(33)29-27(22-16-19(2)10-13-25(22)34-29)23-14-15-32-26(30-23)17-24(31-32)20-6-4-3-5-7-20/h3-17H,1-2H3. The third-order valence-electron chi connectivity index (χ3n) is 6.01. The zero-order valence-electron chi connectivity index (χ0n) is 18.8. The van der Waals surface area contributed by atoms with E-state index in [0.717, 1.165) is 27.8 Å². The fourth-order valence-electron chi connectivity index (χ4n) is 4.23. The molecule has 0 fully saturated rings. The first kappa shape index (κ1) is 20.1. The Morgan fingerprint density at radius 1 is 0.824 bits per heavy atom. The molecule has 3 aromatic carbocycles. The average Bonchev–Trinajstić information content (AvgIpc) is 3.45. The molecule has 0 spiro atoms. The maximum absolute atomic E-state index is 13.5. The van der Waals surface area contributed by atoms with Gasteiger partial charge in [-0.15, -0.1) is 0 Å². The van der Waals surface area contributed by atoms with Crippen LogP contribution in [0.5, 0.6) is 0 Å². The van der Waals surface area contributed by atoms with Gasteiger partial charge in [0.1, 0.15) is 5.58 Å². The van der Waals surface area contributed by atoms with Gasteiger partial charge < -0.3 is 4.42 Å². The number of rotatable bonds is 4. The number of nitrogens with zero attached hydrogens (tertiary/aromatic N) is 3. The lowest BCUT2D eigenvalue weighted by Crippen LogP contribution is -2.02. The first-order valence-electron chi connectivity index (χ1n) is 11.1. The van der Waals surface area contributed by atoms with Gasteiger partial charge in [0.15, 0.2) is 11.4 Å². The first-order valence-corrected chi connectivity index (χ1v) is 11.1. The molecular formula is C29H21N3O2. The van der Waals surface area contributed by atoms with Crippen molar-refractivity contribution in [3.63, 3.8) is 0 Å². The molecule has 0 aliphatic heterocycles. The Labute approximate surface area is 196 Å². The van der Waals surface area contributed by atoms with E-state index in [1.165, 1.54) is 0 Å². The summed E-state index contributed by atoms with van der Waals surface area (Å²) in [6.45, 7) is 4.02. The highest BCUT2D eigenvalue weighted by Crippen LogP contribution is 2.36. The van der Waals surface area contributed by atoms with Crippen LogP contribution in [0.25, 0.3) is 39.1 Å². The molecule has 5 heteroatoms. The minimum atomic E-state index is -0.163. The summed E-state index contributed by atoms with van der Waals surface area (Å²) in [5, 5.41) is 5.53. The fourth-order valence-corrected chi connectivity index (χ4v) is 4.23. The summed E-state index contributed by atoms with van der Waals surface area (Å²) in [6.07, 6.45) is 1.87. The lowest BCUT2D eigenvalue weighted by molar-refractivity contribution is 0.101. The molecule has 0 amide bonds. The molecule has 0 unspecified atom stereocenters. The van der Waals surface area contributed by atoms with Gasteiger partial charge in [-0.2, -0.15) is 5.10 Å². The smallest absolute Gasteiger partial charge is 0.228 e. The highest BCUT2D eigenvalue weighted by molar-refractivity contribution is 6.15. The highest BCUT2D eigenvalue weighted by atomic mass is 16.3. The maximum Gasteiger partial charge on any atom is 0.228 e. The Hall–Kier alpha value is -4.51. The first-order chi connectivity index (χ1) is 16.6. The van der Waals surface area contributed by atoms with Crippen LogP contribution in [0.1, 0.15) is 27.2 Å². The van der Waals surface area contributed by atoms with Crippen molar-refractivity contribution in [3.8, 4) is 22.5 Å². The molecule has 0 atom stereocenters. The normalized spacial score (nSPS) is 11.4. The van der Waals surface area contributed by atoms with Crippen LogP contribution in [0, 0.1) is 13.8 Å². The molecule has 0 saturated carbocycles. The molecular weight excluding hydrogens is 422 g/mol. The molecule has 0 bridgehead atoms. The van der Waals surface area contributed by atoms with Crippen LogP contribution in [0.2, 0.25) is 0 Å².